The van der Waals surface area contributed by atoms with Crippen molar-refractivity contribution in [2.45, 2.75) is 52.5 Å². The number of hydrogen-bond donors (Lipinski definition) is 2. The summed E-state index contributed by atoms with van der Waals surface area (Å²) in [5.74, 6) is 1.27. The SMILES string of the molecule is CCCCCCOc1ccc(C2c3c(-c4c(C)cc(C)cc4O)n[nH]c3C(=O)N2CCOC)cc1OC. The first kappa shape index (κ1) is 26.5. The molecule has 8 nitrogen and oxygen atoms in total. The van der Waals surface area contributed by atoms with Crippen LogP contribution in [-0.2, 0) is 4.74 Å². The van der Waals surface area contributed by atoms with Gasteiger partial charge < -0.3 is 24.2 Å². The number of nitrogens with one attached hydrogen (secondary N) is 1. The van der Waals surface area contributed by atoms with Gasteiger partial charge in [-0.1, -0.05) is 38.3 Å². The molecule has 1 atom stereocenters. The van der Waals surface area contributed by atoms with Crippen molar-refractivity contribution in [3.8, 4) is 28.5 Å². The van der Waals surface area contributed by atoms with E-state index in [0.29, 0.717) is 48.2 Å². The lowest BCUT2D eigenvalue weighted by molar-refractivity contribution is 0.0677. The number of phenols is 1. The minimum Gasteiger partial charge on any atom is -0.507 e. The van der Waals surface area contributed by atoms with Gasteiger partial charge in [0.05, 0.1) is 26.4 Å². The van der Waals surface area contributed by atoms with Gasteiger partial charge in [0.25, 0.3) is 5.91 Å². The number of fused-ring (bicyclic) bond motifs is 1. The molecule has 2 aromatic carbocycles. The van der Waals surface area contributed by atoms with Crippen molar-refractivity contribution in [3.05, 3.63) is 58.3 Å². The molecule has 1 aromatic heterocycles. The van der Waals surface area contributed by atoms with E-state index in [2.05, 4.69) is 17.1 Å². The Morgan fingerprint density at radius 2 is 1.86 bits per heavy atom. The second-order valence-electron chi connectivity index (χ2n) is 9.55. The van der Waals surface area contributed by atoms with Crippen molar-refractivity contribution in [2.75, 3.05) is 34.0 Å². The second kappa shape index (κ2) is 11.7. The number of aromatic amines is 1. The third-order valence-corrected chi connectivity index (χ3v) is 6.85. The second-order valence-corrected chi connectivity index (χ2v) is 9.55. The van der Waals surface area contributed by atoms with Gasteiger partial charge in [-0.3, -0.25) is 9.89 Å². The number of hydrogen-bond acceptors (Lipinski definition) is 6. The molecule has 0 fully saturated rings. The molecule has 4 rings (SSSR count). The van der Waals surface area contributed by atoms with Gasteiger partial charge >= 0.3 is 0 Å². The first-order chi connectivity index (χ1) is 17.9. The molecule has 1 aliphatic rings. The molecule has 0 saturated heterocycles. The predicted octanol–water partition coefficient (Wildman–Crippen LogP) is 5.56. The van der Waals surface area contributed by atoms with E-state index in [4.69, 9.17) is 14.2 Å². The molecule has 1 amide bonds. The van der Waals surface area contributed by atoms with E-state index >= 15 is 0 Å². The van der Waals surface area contributed by atoms with E-state index in [1.54, 1.807) is 25.2 Å². The highest BCUT2D eigenvalue weighted by Crippen LogP contribution is 2.46. The maximum Gasteiger partial charge on any atom is 0.273 e. The van der Waals surface area contributed by atoms with Crippen LogP contribution < -0.4 is 9.47 Å². The van der Waals surface area contributed by atoms with Gasteiger partial charge in [0.2, 0.25) is 0 Å². The van der Waals surface area contributed by atoms with E-state index in [1.807, 2.05) is 38.1 Å². The molecule has 0 aliphatic carbocycles. The number of benzene rings is 2. The Labute approximate surface area is 218 Å². The number of amides is 1. The van der Waals surface area contributed by atoms with Crippen LogP contribution in [0.4, 0.5) is 0 Å². The zero-order valence-corrected chi connectivity index (χ0v) is 22.4. The Bertz CT molecular complexity index is 1230. The molecule has 37 heavy (non-hydrogen) atoms. The van der Waals surface area contributed by atoms with E-state index in [9.17, 15) is 9.90 Å². The van der Waals surface area contributed by atoms with Crippen LogP contribution in [0, 0.1) is 13.8 Å². The van der Waals surface area contributed by atoms with Crippen LogP contribution in [0.25, 0.3) is 11.3 Å². The van der Waals surface area contributed by atoms with Crippen molar-refractivity contribution in [3.63, 3.8) is 0 Å². The Hall–Kier alpha value is -3.52. The van der Waals surface area contributed by atoms with Gasteiger partial charge in [-0.05, 0) is 55.2 Å². The van der Waals surface area contributed by atoms with Crippen LogP contribution in [0.15, 0.2) is 30.3 Å². The van der Waals surface area contributed by atoms with Gasteiger partial charge in [0.1, 0.15) is 17.1 Å². The molecule has 2 heterocycles. The number of carbonyl (C=O) groups is 1. The lowest BCUT2D eigenvalue weighted by atomic mass is 9.93. The summed E-state index contributed by atoms with van der Waals surface area (Å²) in [4.78, 5) is 15.3. The summed E-state index contributed by atoms with van der Waals surface area (Å²) in [6.07, 6.45) is 4.49. The molecule has 0 bridgehead atoms. The first-order valence-electron chi connectivity index (χ1n) is 12.9. The average Bonchev–Trinajstić information content (AvgIpc) is 3.41. The van der Waals surface area contributed by atoms with Crippen LogP contribution >= 0.6 is 0 Å². The Morgan fingerprint density at radius 1 is 1.05 bits per heavy atom. The standard InChI is InChI=1S/C29H37N3O5/c1-6-7-8-9-13-37-22-11-10-20(17-23(22)36-5)28-25-26(24-19(3)15-18(2)16-21(24)33)30-31-27(25)29(34)32(28)12-14-35-4/h10-11,15-17,28,33H,6-9,12-14H2,1-5H3,(H,30,31). The molecule has 2 N–H and O–H groups in total. The molecule has 1 aliphatic heterocycles. The van der Waals surface area contributed by atoms with Gasteiger partial charge in [-0.25, -0.2) is 0 Å². The summed E-state index contributed by atoms with van der Waals surface area (Å²) in [5, 5.41) is 18.3. The fourth-order valence-electron chi connectivity index (χ4n) is 5.09. The molecule has 8 heteroatoms. The van der Waals surface area contributed by atoms with Gasteiger partial charge in [0, 0.05) is 24.8 Å². The van der Waals surface area contributed by atoms with Crippen molar-refractivity contribution >= 4 is 5.91 Å². The van der Waals surface area contributed by atoms with Crippen molar-refractivity contribution in [1.82, 2.24) is 15.1 Å². The van der Waals surface area contributed by atoms with Gasteiger partial charge in [-0.15, -0.1) is 0 Å². The van der Waals surface area contributed by atoms with E-state index in [0.717, 1.165) is 35.1 Å². The molecule has 0 spiro atoms. The van der Waals surface area contributed by atoms with Crippen LogP contribution in [-0.4, -0.2) is 60.1 Å². The molecule has 3 aromatic rings. The molecule has 0 saturated carbocycles. The summed E-state index contributed by atoms with van der Waals surface area (Å²) in [5.41, 5.74) is 5.05. The zero-order valence-electron chi connectivity index (χ0n) is 22.4. The number of H-pyrrole nitrogens is 1. The third kappa shape index (κ3) is 5.30. The Balaban J connectivity index is 1.76. The van der Waals surface area contributed by atoms with Crippen LogP contribution in [0.3, 0.4) is 0 Å². The van der Waals surface area contributed by atoms with Gasteiger partial charge in [-0.2, -0.15) is 5.10 Å². The molecule has 198 valence electrons. The van der Waals surface area contributed by atoms with E-state index in [-0.39, 0.29) is 11.7 Å². The van der Waals surface area contributed by atoms with Crippen LogP contribution in [0.1, 0.15) is 71.4 Å². The number of aromatic nitrogens is 2. The number of unbranched alkanes of at least 4 members (excludes halogenated alkanes) is 3. The normalized spacial score (nSPS) is 14.8. The number of carbonyl (C=O) groups excluding carboxylic acids is 1. The van der Waals surface area contributed by atoms with Crippen molar-refractivity contribution in [1.29, 1.82) is 0 Å². The maximum absolute atomic E-state index is 13.5. The summed E-state index contributed by atoms with van der Waals surface area (Å²) in [6.45, 7) is 7.47. The quantitative estimate of drug-likeness (QED) is 0.312. The average molecular weight is 508 g/mol. The number of nitrogens with zero attached hydrogens (tertiary/aromatic N) is 2. The number of aryl methyl sites for hydroxylation is 2. The summed E-state index contributed by atoms with van der Waals surface area (Å²) in [7, 11) is 3.24. The highest BCUT2D eigenvalue weighted by atomic mass is 16.5. The molecular formula is C29H37N3O5. The molecule has 1 unspecified atom stereocenters. The summed E-state index contributed by atoms with van der Waals surface area (Å²) in [6, 6.07) is 9.08. The Kier molecular flexibility index (Phi) is 8.38. The monoisotopic (exact) mass is 507 g/mol. The van der Waals surface area contributed by atoms with Crippen LogP contribution in [0.2, 0.25) is 0 Å². The minimum atomic E-state index is -0.431. The number of methoxy groups -OCH3 is 2. The molecule has 0 radical (unpaired) electrons. The molecular weight excluding hydrogens is 470 g/mol. The number of rotatable bonds is 12. The lowest BCUT2D eigenvalue weighted by Crippen LogP contribution is -2.32. The zero-order chi connectivity index (χ0) is 26.5. The first-order valence-corrected chi connectivity index (χ1v) is 12.9. The van der Waals surface area contributed by atoms with Crippen LogP contribution in [0.5, 0.6) is 17.2 Å². The van der Waals surface area contributed by atoms with Gasteiger partial charge in [0.15, 0.2) is 11.5 Å². The Morgan fingerprint density at radius 3 is 2.57 bits per heavy atom. The number of ether oxygens (including phenoxy) is 3. The fourth-order valence-corrected chi connectivity index (χ4v) is 5.09. The minimum absolute atomic E-state index is 0.137. The summed E-state index contributed by atoms with van der Waals surface area (Å²) < 4.78 is 17.0. The van der Waals surface area contributed by atoms with E-state index in [1.165, 1.54) is 12.8 Å². The van der Waals surface area contributed by atoms with Crippen molar-refractivity contribution < 1.29 is 24.1 Å². The highest BCUT2D eigenvalue weighted by molar-refractivity contribution is 6.00. The largest absolute Gasteiger partial charge is 0.507 e. The lowest BCUT2D eigenvalue weighted by Gasteiger charge is -2.27. The van der Waals surface area contributed by atoms with E-state index < -0.39 is 6.04 Å². The predicted molar refractivity (Wildman–Crippen MR) is 143 cm³/mol. The third-order valence-electron chi connectivity index (χ3n) is 6.85. The maximum atomic E-state index is 13.5. The summed E-state index contributed by atoms with van der Waals surface area (Å²) >= 11 is 0. The number of phenolic OH excluding ortho intramolecular Hbond substituents is 1. The highest BCUT2D eigenvalue weighted by Gasteiger charge is 2.42. The topological polar surface area (TPSA) is 96.9 Å². The van der Waals surface area contributed by atoms with Crippen molar-refractivity contribution in [2.24, 2.45) is 0 Å². The number of aromatic hydroxyl groups is 1. The fraction of sp³-hybridized carbons (Fsp3) is 0.448. The smallest absolute Gasteiger partial charge is 0.273 e.